The minimum Gasteiger partial charge on any atom is -0.323 e. The lowest BCUT2D eigenvalue weighted by molar-refractivity contribution is 0.541. The summed E-state index contributed by atoms with van der Waals surface area (Å²) < 4.78 is 1.90. The van der Waals surface area contributed by atoms with Crippen LogP contribution in [0.25, 0.3) is 5.69 Å². The largest absolute Gasteiger partial charge is 0.323 e. The van der Waals surface area contributed by atoms with Crippen LogP contribution in [0.5, 0.6) is 0 Å². The van der Waals surface area contributed by atoms with E-state index in [2.05, 4.69) is 29.4 Å². The van der Waals surface area contributed by atoms with Crippen LogP contribution in [0.15, 0.2) is 24.3 Å². The van der Waals surface area contributed by atoms with E-state index in [1.54, 1.807) is 0 Å². The van der Waals surface area contributed by atoms with Crippen molar-refractivity contribution in [3.8, 4) is 5.69 Å². The molecule has 4 nitrogen and oxygen atoms in total. The molecule has 4 heteroatoms. The van der Waals surface area contributed by atoms with E-state index in [4.69, 9.17) is 5.73 Å². The van der Waals surface area contributed by atoms with Crippen LogP contribution in [0.3, 0.4) is 0 Å². The molecule has 0 radical (unpaired) electrons. The fraction of sp³-hybridized carbons (Fsp3) is 0.385. The summed E-state index contributed by atoms with van der Waals surface area (Å²) in [5.41, 5.74) is 10.6. The van der Waals surface area contributed by atoms with Gasteiger partial charge in [0.05, 0.1) is 17.1 Å². The summed E-state index contributed by atoms with van der Waals surface area (Å²) in [6.07, 6.45) is 3.13. The number of nitrogens with two attached hydrogens (primary N) is 1. The van der Waals surface area contributed by atoms with Gasteiger partial charge in [-0.3, -0.25) is 0 Å². The number of aryl methyl sites for hydroxylation is 2. The lowest BCUT2D eigenvalue weighted by atomic mass is 9.96. The summed E-state index contributed by atoms with van der Waals surface area (Å²) in [6, 6.07) is 8.33. The summed E-state index contributed by atoms with van der Waals surface area (Å²) in [6.45, 7) is 2.08. The average molecular weight is 228 g/mol. The van der Waals surface area contributed by atoms with Crippen LogP contribution in [-0.2, 0) is 6.42 Å². The summed E-state index contributed by atoms with van der Waals surface area (Å²) in [5, 5.41) is 8.49. The van der Waals surface area contributed by atoms with E-state index < -0.39 is 0 Å². The highest BCUT2D eigenvalue weighted by Gasteiger charge is 2.24. The van der Waals surface area contributed by atoms with Crippen molar-refractivity contribution in [1.82, 2.24) is 15.0 Å². The second-order valence-electron chi connectivity index (χ2n) is 4.67. The maximum Gasteiger partial charge on any atom is 0.0880 e. The zero-order valence-corrected chi connectivity index (χ0v) is 9.93. The van der Waals surface area contributed by atoms with Gasteiger partial charge in [0.15, 0.2) is 0 Å². The molecule has 88 valence electrons. The van der Waals surface area contributed by atoms with Gasteiger partial charge in [0.1, 0.15) is 0 Å². The topological polar surface area (TPSA) is 56.7 Å². The molecule has 2 aromatic rings. The molecule has 0 saturated heterocycles. The summed E-state index contributed by atoms with van der Waals surface area (Å²) in [7, 11) is 0. The van der Waals surface area contributed by atoms with Crippen LogP contribution in [0.4, 0.5) is 0 Å². The van der Waals surface area contributed by atoms with Gasteiger partial charge < -0.3 is 5.73 Å². The molecule has 1 aromatic heterocycles. The second-order valence-corrected chi connectivity index (χ2v) is 4.67. The first-order valence-corrected chi connectivity index (χ1v) is 6.03. The van der Waals surface area contributed by atoms with Crippen molar-refractivity contribution in [1.29, 1.82) is 0 Å². The van der Waals surface area contributed by atoms with Crippen molar-refractivity contribution in [2.75, 3.05) is 0 Å². The Balaban J connectivity index is 2.13. The zero-order chi connectivity index (χ0) is 11.8. The molecule has 1 aliphatic rings. The number of nitrogens with zero attached hydrogens (tertiary/aromatic N) is 3. The van der Waals surface area contributed by atoms with E-state index in [1.165, 1.54) is 5.56 Å². The Bertz CT molecular complexity index is 544. The van der Waals surface area contributed by atoms with Crippen molar-refractivity contribution < 1.29 is 0 Å². The molecule has 1 unspecified atom stereocenters. The van der Waals surface area contributed by atoms with E-state index in [9.17, 15) is 0 Å². The third-order valence-corrected chi connectivity index (χ3v) is 3.30. The Morgan fingerprint density at radius 3 is 3.12 bits per heavy atom. The number of fused-ring (bicyclic) bond motifs is 1. The molecule has 0 spiro atoms. The van der Waals surface area contributed by atoms with Crippen LogP contribution in [0.2, 0.25) is 0 Å². The molecular formula is C13H16N4. The predicted octanol–water partition coefficient (Wildman–Crippen LogP) is 1.91. The van der Waals surface area contributed by atoms with Crippen molar-refractivity contribution >= 4 is 0 Å². The molecule has 0 fully saturated rings. The van der Waals surface area contributed by atoms with E-state index in [-0.39, 0.29) is 6.04 Å². The Hall–Kier alpha value is -1.68. The molecule has 0 bridgehead atoms. The zero-order valence-electron chi connectivity index (χ0n) is 9.93. The molecule has 17 heavy (non-hydrogen) atoms. The maximum atomic E-state index is 6.17. The molecular weight excluding hydrogens is 212 g/mol. The quantitative estimate of drug-likeness (QED) is 0.811. The maximum absolute atomic E-state index is 6.17. The van der Waals surface area contributed by atoms with Gasteiger partial charge in [-0.2, -0.15) is 0 Å². The van der Waals surface area contributed by atoms with Crippen LogP contribution in [-0.4, -0.2) is 15.0 Å². The third kappa shape index (κ3) is 1.74. The summed E-state index contributed by atoms with van der Waals surface area (Å²) in [5.74, 6) is 0. The van der Waals surface area contributed by atoms with Gasteiger partial charge in [-0.1, -0.05) is 17.3 Å². The second kappa shape index (κ2) is 3.96. The van der Waals surface area contributed by atoms with Gasteiger partial charge in [0.25, 0.3) is 0 Å². The number of rotatable bonds is 1. The summed E-state index contributed by atoms with van der Waals surface area (Å²) >= 11 is 0. The monoisotopic (exact) mass is 228 g/mol. The minimum absolute atomic E-state index is 0.0641. The highest BCUT2D eigenvalue weighted by molar-refractivity contribution is 5.37. The van der Waals surface area contributed by atoms with Gasteiger partial charge in [0.2, 0.25) is 0 Å². The molecule has 1 aromatic carbocycles. The van der Waals surface area contributed by atoms with E-state index in [0.717, 1.165) is 36.3 Å². The van der Waals surface area contributed by atoms with Gasteiger partial charge in [0, 0.05) is 6.04 Å². The van der Waals surface area contributed by atoms with E-state index in [0.29, 0.717) is 0 Å². The van der Waals surface area contributed by atoms with Crippen LogP contribution in [0.1, 0.15) is 35.8 Å². The Morgan fingerprint density at radius 2 is 2.29 bits per heavy atom. The molecule has 2 N–H and O–H groups in total. The molecule has 1 atom stereocenters. The standard InChI is InChI=1S/C13H16N4/c1-9-4-2-5-10(8-9)17-13-11(14)6-3-7-12(13)15-16-17/h2,4-5,8,11H,3,6-7,14H2,1H3. The highest BCUT2D eigenvalue weighted by atomic mass is 15.4. The van der Waals surface area contributed by atoms with Gasteiger partial charge >= 0.3 is 0 Å². The highest BCUT2D eigenvalue weighted by Crippen LogP contribution is 2.28. The predicted molar refractivity (Wildman–Crippen MR) is 66.0 cm³/mol. The first-order valence-electron chi connectivity index (χ1n) is 6.03. The lowest BCUT2D eigenvalue weighted by Crippen LogP contribution is -2.20. The molecule has 0 aliphatic heterocycles. The van der Waals surface area contributed by atoms with Gasteiger partial charge in [-0.15, -0.1) is 5.10 Å². The molecule has 1 heterocycles. The summed E-state index contributed by atoms with van der Waals surface area (Å²) in [4.78, 5) is 0. The molecule has 3 rings (SSSR count). The third-order valence-electron chi connectivity index (χ3n) is 3.30. The average Bonchev–Trinajstić information content (AvgIpc) is 2.74. The van der Waals surface area contributed by atoms with Crippen molar-refractivity contribution in [2.24, 2.45) is 5.73 Å². The Labute approximate surface area is 100 Å². The fourth-order valence-corrected chi connectivity index (χ4v) is 2.45. The molecule has 1 aliphatic carbocycles. The lowest BCUT2D eigenvalue weighted by Gasteiger charge is -2.19. The van der Waals surface area contributed by atoms with Crippen LogP contribution in [0, 0.1) is 6.92 Å². The number of benzene rings is 1. The number of hydrogen-bond donors (Lipinski definition) is 1. The SMILES string of the molecule is Cc1cccc(-n2nnc3c2C(N)CCC3)c1. The molecule has 0 amide bonds. The molecule has 0 saturated carbocycles. The van der Waals surface area contributed by atoms with Crippen LogP contribution < -0.4 is 5.73 Å². The number of aromatic nitrogens is 3. The van der Waals surface area contributed by atoms with Gasteiger partial charge in [-0.05, 0) is 43.9 Å². The minimum atomic E-state index is 0.0641. The first-order chi connectivity index (χ1) is 8.25. The van der Waals surface area contributed by atoms with Crippen molar-refractivity contribution in [3.63, 3.8) is 0 Å². The number of hydrogen-bond acceptors (Lipinski definition) is 3. The Kier molecular flexibility index (Phi) is 2.44. The fourth-order valence-electron chi connectivity index (χ4n) is 2.45. The first kappa shape index (κ1) is 10.5. The smallest absolute Gasteiger partial charge is 0.0880 e. The van der Waals surface area contributed by atoms with Crippen molar-refractivity contribution in [2.45, 2.75) is 32.2 Å². The van der Waals surface area contributed by atoms with E-state index >= 15 is 0 Å². The normalized spacial score (nSPS) is 19.1. The van der Waals surface area contributed by atoms with Gasteiger partial charge in [-0.25, -0.2) is 4.68 Å². The van der Waals surface area contributed by atoms with Crippen LogP contribution >= 0.6 is 0 Å². The Morgan fingerprint density at radius 1 is 1.41 bits per heavy atom. The van der Waals surface area contributed by atoms with E-state index in [1.807, 2.05) is 16.8 Å². The van der Waals surface area contributed by atoms with Crippen molar-refractivity contribution in [3.05, 3.63) is 41.2 Å².